The normalized spacial score (nSPS) is 29.6. The van der Waals surface area contributed by atoms with Crippen LogP contribution in [0.1, 0.15) is 24.3 Å². The molecule has 9 nitrogen and oxygen atoms in total. The van der Waals surface area contributed by atoms with Crippen LogP contribution in [0, 0.1) is 0 Å². The summed E-state index contributed by atoms with van der Waals surface area (Å²) in [4.78, 5) is 12.7. The Kier molecular flexibility index (Phi) is 4.88. The van der Waals surface area contributed by atoms with Gasteiger partial charge in [-0.25, -0.2) is 15.0 Å². The van der Waals surface area contributed by atoms with Crippen LogP contribution in [-0.2, 0) is 9.47 Å². The van der Waals surface area contributed by atoms with E-state index in [2.05, 4.69) is 30.9 Å². The average molecular weight is 533 g/mol. The maximum absolute atomic E-state index is 11.0. The highest BCUT2D eigenvalue weighted by atomic mass is 79.9. The van der Waals surface area contributed by atoms with Crippen LogP contribution in [0.15, 0.2) is 47.3 Å². The molecular formula is C22H19BrClN5O4. The molecule has 0 bridgehead atoms. The van der Waals surface area contributed by atoms with E-state index in [1.165, 1.54) is 6.33 Å². The first-order chi connectivity index (χ1) is 15.9. The topological polar surface area (TPSA) is 129 Å². The van der Waals surface area contributed by atoms with Crippen molar-refractivity contribution in [1.29, 1.82) is 0 Å². The Hall–Kier alpha value is -2.34. The molecule has 170 valence electrons. The third-order valence-corrected chi connectivity index (χ3v) is 7.44. The SMILES string of the molecule is Nc1nc2cc(C3CC4(CO3)OC(n3ccc5c(Cl)ncnc53)C(O)C4O)ccc2cc1Br. The van der Waals surface area contributed by atoms with Gasteiger partial charge >= 0.3 is 0 Å². The van der Waals surface area contributed by atoms with Crippen molar-refractivity contribution in [3.05, 3.63) is 58.0 Å². The molecule has 11 heteroatoms. The summed E-state index contributed by atoms with van der Waals surface area (Å²) in [6.45, 7) is 0.134. The van der Waals surface area contributed by atoms with Crippen LogP contribution in [0.25, 0.3) is 21.9 Å². The maximum atomic E-state index is 11.0. The van der Waals surface area contributed by atoms with E-state index in [4.69, 9.17) is 26.8 Å². The number of hydrogen-bond acceptors (Lipinski definition) is 8. The molecule has 0 aliphatic carbocycles. The largest absolute Gasteiger partial charge is 0.387 e. The molecule has 33 heavy (non-hydrogen) atoms. The van der Waals surface area contributed by atoms with Crippen molar-refractivity contribution in [2.24, 2.45) is 0 Å². The van der Waals surface area contributed by atoms with Crippen molar-refractivity contribution in [3.8, 4) is 0 Å². The number of halogens is 2. The molecule has 1 spiro atoms. The van der Waals surface area contributed by atoms with Crippen LogP contribution in [0.3, 0.4) is 0 Å². The van der Waals surface area contributed by atoms with Gasteiger partial charge in [0.05, 0.1) is 28.1 Å². The van der Waals surface area contributed by atoms with Gasteiger partial charge in [-0.3, -0.25) is 0 Å². The second kappa shape index (κ2) is 7.59. The number of nitrogen functional groups attached to an aromatic ring is 1. The molecule has 5 heterocycles. The van der Waals surface area contributed by atoms with Gasteiger partial charge in [0, 0.05) is 18.0 Å². The van der Waals surface area contributed by atoms with E-state index >= 15 is 0 Å². The summed E-state index contributed by atoms with van der Waals surface area (Å²) >= 11 is 9.55. The minimum absolute atomic E-state index is 0.134. The van der Waals surface area contributed by atoms with Gasteiger partial charge in [0.15, 0.2) is 6.23 Å². The molecule has 6 rings (SSSR count). The van der Waals surface area contributed by atoms with E-state index in [9.17, 15) is 10.2 Å². The zero-order valence-corrected chi connectivity index (χ0v) is 19.4. The fourth-order valence-electron chi connectivity index (χ4n) is 4.76. The van der Waals surface area contributed by atoms with Crippen LogP contribution in [0.5, 0.6) is 0 Å². The molecule has 5 atom stereocenters. The van der Waals surface area contributed by atoms with E-state index < -0.39 is 24.0 Å². The third kappa shape index (κ3) is 3.24. The highest BCUT2D eigenvalue weighted by Gasteiger charge is 2.59. The number of ether oxygens (including phenoxy) is 2. The van der Waals surface area contributed by atoms with E-state index in [1.807, 2.05) is 24.3 Å². The smallest absolute Gasteiger partial charge is 0.164 e. The van der Waals surface area contributed by atoms with E-state index in [-0.39, 0.29) is 12.7 Å². The quantitative estimate of drug-likeness (QED) is 0.336. The van der Waals surface area contributed by atoms with Gasteiger partial charge in [-0.05, 0) is 39.7 Å². The van der Waals surface area contributed by atoms with Crippen LogP contribution < -0.4 is 5.73 Å². The van der Waals surface area contributed by atoms with Gasteiger partial charge in [0.2, 0.25) is 0 Å². The first kappa shape index (κ1) is 21.2. The zero-order valence-electron chi connectivity index (χ0n) is 17.1. The fourth-order valence-corrected chi connectivity index (χ4v) is 5.29. The molecule has 0 saturated carbocycles. The number of aromatic nitrogens is 4. The van der Waals surface area contributed by atoms with Crippen molar-refractivity contribution in [3.63, 3.8) is 0 Å². The molecule has 5 unspecified atom stereocenters. The average Bonchev–Trinajstić information content (AvgIpc) is 3.48. The van der Waals surface area contributed by atoms with Crippen molar-refractivity contribution < 1.29 is 19.7 Å². The first-order valence-corrected chi connectivity index (χ1v) is 11.5. The number of hydrogen-bond donors (Lipinski definition) is 3. The minimum atomic E-state index is -1.17. The van der Waals surface area contributed by atoms with Crippen molar-refractivity contribution >= 4 is 55.3 Å². The van der Waals surface area contributed by atoms with Crippen molar-refractivity contribution in [2.75, 3.05) is 12.3 Å². The fraction of sp³-hybridized carbons (Fsp3) is 0.318. The molecule has 2 fully saturated rings. The predicted molar refractivity (Wildman–Crippen MR) is 125 cm³/mol. The molecule has 3 aromatic heterocycles. The molecule has 2 saturated heterocycles. The number of nitrogens with two attached hydrogens (primary N) is 1. The van der Waals surface area contributed by atoms with E-state index in [0.717, 1.165) is 20.9 Å². The van der Waals surface area contributed by atoms with Gasteiger partial charge in [-0.2, -0.15) is 0 Å². The number of benzene rings is 1. The highest BCUT2D eigenvalue weighted by molar-refractivity contribution is 9.10. The third-order valence-electron chi connectivity index (χ3n) is 6.50. The summed E-state index contributed by atoms with van der Waals surface area (Å²) in [5.74, 6) is 0.409. The predicted octanol–water partition coefficient (Wildman–Crippen LogP) is 3.13. The number of anilines is 1. The lowest BCUT2D eigenvalue weighted by atomic mass is 9.90. The molecular weight excluding hydrogens is 514 g/mol. The van der Waals surface area contributed by atoms with Crippen LogP contribution >= 0.6 is 27.5 Å². The molecule has 2 aliphatic rings. The lowest BCUT2D eigenvalue weighted by Crippen LogP contribution is -2.43. The minimum Gasteiger partial charge on any atom is -0.387 e. The Morgan fingerprint density at radius 1 is 1.21 bits per heavy atom. The molecule has 0 amide bonds. The summed E-state index contributed by atoms with van der Waals surface area (Å²) in [6.07, 6.45) is -0.0626. The Morgan fingerprint density at radius 3 is 2.91 bits per heavy atom. The molecule has 1 aromatic carbocycles. The molecule has 2 aliphatic heterocycles. The van der Waals surface area contributed by atoms with Gasteiger partial charge in [0.1, 0.15) is 40.8 Å². The van der Waals surface area contributed by atoms with Gasteiger partial charge in [-0.15, -0.1) is 0 Å². The number of nitrogens with zero attached hydrogens (tertiary/aromatic N) is 4. The van der Waals surface area contributed by atoms with Crippen LogP contribution in [-0.4, -0.2) is 54.1 Å². The van der Waals surface area contributed by atoms with E-state index in [1.54, 1.807) is 16.8 Å². The number of aliphatic hydroxyl groups is 2. The Bertz CT molecular complexity index is 1400. The summed E-state index contributed by atoms with van der Waals surface area (Å²) in [6, 6.07) is 9.51. The highest BCUT2D eigenvalue weighted by Crippen LogP contribution is 2.48. The lowest BCUT2D eigenvalue weighted by molar-refractivity contribution is -0.103. The standard InChI is InChI=1S/C22H19BrClN5O4/c23-13-5-10-1-2-11(6-14(10)28-19(13)25)15-7-22(8-32-15)17(31)16(30)21(33-22)29-4-3-12-18(24)26-9-27-20(12)29/h1-6,9,15-17,21,30-31H,7-8H2,(H2,25,28). The van der Waals surface area contributed by atoms with Gasteiger partial charge < -0.3 is 30.0 Å². The second-order valence-corrected chi connectivity index (χ2v) is 9.66. The number of rotatable bonds is 2. The second-order valence-electron chi connectivity index (χ2n) is 8.44. The molecule has 4 aromatic rings. The lowest BCUT2D eigenvalue weighted by Gasteiger charge is -2.25. The van der Waals surface area contributed by atoms with Gasteiger partial charge in [0.25, 0.3) is 0 Å². The molecule has 0 radical (unpaired) electrons. The summed E-state index contributed by atoms with van der Waals surface area (Å²) in [5.41, 5.74) is 7.03. The number of pyridine rings is 1. The zero-order chi connectivity index (χ0) is 22.9. The number of aliphatic hydroxyl groups excluding tert-OH is 2. The van der Waals surface area contributed by atoms with Crippen LogP contribution in [0.4, 0.5) is 5.82 Å². The van der Waals surface area contributed by atoms with Crippen molar-refractivity contribution in [2.45, 2.75) is 36.6 Å². The Morgan fingerprint density at radius 2 is 2.06 bits per heavy atom. The Labute approximate surface area is 201 Å². The summed E-state index contributed by atoms with van der Waals surface area (Å²) in [7, 11) is 0. The van der Waals surface area contributed by atoms with E-state index in [0.29, 0.717) is 28.4 Å². The Balaban J connectivity index is 1.30. The maximum Gasteiger partial charge on any atom is 0.164 e. The van der Waals surface area contributed by atoms with Crippen LogP contribution in [0.2, 0.25) is 5.15 Å². The van der Waals surface area contributed by atoms with Crippen molar-refractivity contribution in [1.82, 2.24) is 19.5 Å². The summed E-state index contributed by atoms with van der Waals surface area (Å²) in [5, 5.41) is 23.8. The summed E-state index contributed by atoms with van der Waals surface area (Å²) < 4.78 is 14.8. The first-order valence-electron chi connectivity index (χ1n) is 10.3. The van der Waals surface area contributed by atoms with Gasteiger partial charge in [-0.1, -0.05) is 23.7 Å². The molecule has 4 N–H and O–H groups in total. The number of fused-ring (bicyclic) bond motifs is 2. The monoisotopic (exact) mass is 531 g/mol.